The number of nitrogens with zero attached hydrogens (tertiary/aromatic N) is 1. The SMILES string of the molecule is CCCCC[C@@H](/C=C/[C@@H]1[C@H]2CC(=O)O[C@H]2C[C@H]1C)OC(=O)c1ccc([N+](=O)[O-])cc1. The van der Waals surface area contributed by atoms with Gasteiger partial charge in [-0.3, -0.25) is 14.9 Å². The smallest absolute Gasteiger partial charge is 0.338 e. The molecule has 30 heavy (non-hydrogen) atoms. The molecule has 7 heteroatoms. The second-order valence-corrected chi connectivity index (χ2v) is 8.32. The molecule has 0 bridgehead atoms. The van der Waals surface area contributed by atoms with Crippen molar-refractivity contribution in [2.45, 2.75) is 64.6 Å². The van der Waals surface area contributed by atoms with E-state index in [1.807, 2.05) is 6.08 Å². The van der Waals surface area contributed by atoms with Gasteiger partial charge in [0.15, 0.2) is 0 Å². The Hall–Kier alpha value is -2.70. The maximum atomic E-state index is 12.6. The number of nitro groups is 1. The number of rotatable bonds is 9. The highest BCUT2D eigenvalue weighted by Gasteiger charge is 2.47. The zero-order valence-corrected chi connectivity index (χ0v) is 17.5. The van der Waals surface area contributed by atoms with Gasteiger partial charge in [0.05, 0.1) is 16.9 Å². The van der Waals surface area contributed by atoms with Gasteiger partial charge in [-0.1, -0.05) is 32.8 Å². The van der Waals surface area contributed by atoms with Crippen molar-refractivity contribution in [3.8, 4) is 0 Å². The number of unbranched alkanes of at least 4 members (excludes halogenated alkanes) is 2. The summed E-state index contributed by atoms with van der Waals surface area (Å²) in [4.78, 5) is 34.5. The molecule has 0 spiro atoms. The first-order valence-electron chi connectivity index (χ1n) is 10.7. The molecule has 1 aromatic rings. The first-order valence-corrected chi connectivity index (χ1v) is 10.7. The summed E-state index contributed by atoms with van der Waals surface area (Å²) < 4.78 is 11.1. The second kappa shape index (κ2) is 9.87. The van der Waals surface area contributed by atoms with Crippen LogP contribution < -0.4 is 0 Å². The lowest BCUT2D eigenvalue weighted by molar-refractivity contribution is -0.384. The number of allylic oxidation sites excluding steroid dienone is 1. The molecule has 1 heterocycles. The molecule has 1 saturated heterocycles. The molecule has 0 amide bonds. The molecule has 162 valence electrons. The van der Waals surface area contributed by atoms with Crippen LogP contribution in [0.4, 0.5) is 5.69 Å². The highest BCUT2D eigenvalue weighted by atomic mass is 16.6. The zero-order valence-electron chi connectivity index (χ0n) is 17.5. The van der Waals surface area contributed by atoms with Crippen LogP contribution in [0, 0.1) is 27.9 Å². The quantitative estimate of drug-likeness (QED) is 0.188. The van der Waals surface area contributed by atoms with Crippen LogP contribution in [0.5, 0.6) is 0 Å². The van der Waals surface area contributed by atoms with E-state index in [4.69, 9.17) is 9.47 Å². The number of carbonyl (C=O) groups excluding carboxylic acids is 2. The fourth-order valence-electron chi connectivity index (χ4n) is 4.48. The average molecular weight is 415 g/mol. The van der Waals surface area contributed by atoms with Crippen molar-refractivity contribution in [2.24, 2.45) is 17.8 Å². The van der Waals surface area contributed by atoms with Gasteiger partial charge < -0.3 is 9.47 Å². The molecule has 0 radical (unpaired) electrons. The number of non-ortho nitro benzene ring substituents is 1. The number of nitro benzene ring substituents is 1. The maximum Gasteiger partial charge on any atom is 0.338 e. The van der Waals surface area contributed by atoms with Gasteiger partial charge in [-0.25, -0.2) is 4.79 Å². The van der Waals surface area contributed by atoms with E-state index in [0.717, 1.165) is 25.7 Å². The average Bonchev–Trinajstić information content (AvgIpc) is 3.20. The van der Waals surface area contributed by atoms with Crippen LogP contribution in [0.1, 0.15) is 62.7 Å². The van der Waals surface area contributed by atoms with Crippen LogP contribution in [-0.4, -0.2) is 29.1 Å². The largest absolute Gasteiger partial charge is 0.462 e. The fraction of sp³-hybridized carbons (Fsp3) is 0.565. The molecule has 0 N–H and O–H groups in total. The Morgan fingerprint density at radius 2 is 2.07 bits per heavy atom. The summed E-state index contributed by atoms with van der Waals surface area (Å²) in [6.07, 6.45) is 8.76. The Morgan fingerprint density at radius 1 is 1.33 bits per heavy atom. The molecule has 2 aliphatic rings. The minimum Gasteiger partial charge on any atom is -0.462 e. The summed E-state index contributed by atoms with van der Waals surface area (Å²) in [5.74, 6) is 0.219. The second-order valence-electron chi connectivity index (χ2n) is 8.32. The highest BCUT2D eigenvalue weighted by Crippen LogP contribution is 2.45. The molecule has 0 aromatic heterocycles. The lowest BCUT2D eigenvalue weighted by atomic mass is 9.88. The monoisotopic (exact) mass is 415 g/mol. The van der Waals surface area contributed by atoms with Crippen molar-refractivity contribution in [3.63, 3.8) is 0 Å². The van der Waals surface area contributed by atoms with E-state index < -0.39 is 10.9 Å². The van der Waals surface area contributed by atoms with E-state index in [0.29, 0.717) is 24.3 Å². The fourth-order valence-corrected chi connectivity index (χ4v) is 4.48. The van der Waals surface area contributed by atoms with Gasteiger partial charge >= 0.3 is 11.9 Å². The van der Waals surface area contributed by atoms with Gasteiger partial charge in [-0.2, -0.15) is 0 Å². The van der Waals surface area contributed by atoms with Gasteiger partial charge in [0.2, 0.25) is 0 Å². The Morgan fingerprint density at radius 3 is 2.73 bits per heavy atom. The van der Waals surface area contributed by atoms with Gasteiger partial charge in [-0.05, 0) is 49.3 Å². The van der Waals surface area contributed by atoms with Crippen molar-refractivity contribution in [1.82, 2.24) is 0 Å². The van der Waals surface area contributed by atoms with E-state index in [1.165, 1.54) is 24.3 Å². The minimum atomic E-state index is -0.501. The maximum absolute atomic E-state index is 12.6. The van der Waals surface area contributed by atoms with Crippen LogP contribution >= 0.6 is 0 Å². The van der Waals surface area contributed by atoms with E-state index in [-0.39, 0.29) is 35.7 Å². The Balaban J connectivity index is 1.67. The van der Waals surface area contributed by atoms with E-state index in [1.54, 1.807) is 0 Å². The number of hydrogen-bond donors (Lipinski definition) is 0. The number of esters is 2. The molecular formula is C23H29NO6. The summed E-state index contributed by atoms with van der Waals surface area (Å²) in [6, 6.07) is 5.43. The summed E-state index contributed by atoms with van der Waals surface area (Å²) in [5.41, 5.74) is 0.225. The molecule has 1 saturated carbocycles. The van der Waals surface area contributed by atoms with Gasteiger partial charge in [0.25, 0.3) is 5.69 Å². The summed E-state index contributed by atoms with van der Waals surface area (Å²) in [7, 11) is 0. The summed E-state index contributed by atoms with van der Waals surface area (Å²) in [5, 5.41) is 10.8. The standard InChI is InChI=1S/C23H29NO6/c1-3-4-5-6-18(29-23(26)16-7-9-17(10-8-16)24(27)28)11-12-19-15(2)13-21-20(19)14-22(25)30-21/h7-12,15,18-21H,3-6,13-14H2,1-2H3/b12-11+/t15-,18+,19+,20-,21+/m1/s1. The molecule has 2 fully saturated rings. The van der Waals surface area contributed by atoms with Crippen LogP contribution in [0.3, 0.4) is 0 Å². The van der Waals surface area contributed by atoms with Crippen LogP contribution in [0.2, 0.25) is 0 Å². The topological polar surface area (TPSA) is 95.7 Å². The lowest BCUT2D eigenvalue weighted by Gasteiger charge is -2.18. The predicted molar refractivity (Wildman–Crippen MR) is 111 cm³/mol. The third kappa shape index (κ3) is 5.26. The van der Waals surface area contributed by atoms with Crippen LogP contribution in [0.15, 0.2) is 36.4 Å². The lowest BCUT2D eigenvalue weighted by Crippen LogP contribution is -2.18. The van der Waals surface area contributed by atoms with Crippen LogP contribution in [0.25, 0.3) is 0 Å². The van der Waals surface area contributed by atoms with Crippen molar-refractivity contribution >= 4 is 17.6 Å². The Kier molecular flexibility index (Phi) is 7.24. The van der Waals surface area contributed by atoms with Crippen molar-refractivity contribution in [3.05, 3.63) is 52.1 Å². The molecule has 7 nitrogen and oxygen atoms in total. The van der Waals surface area contributed by atoms with Crippen LogP contribution in [-0.2, 0) is 14.3 Å². The number of fused-ring (bicyclic) bond motifs is 1. The third-order valence-corrected chi connectivity index (χ3v) is 6.13. The first kappa shape index (κ1) is 22.0. The zero-order chi connectivity index (χ0) is 21.7. The molecule has 1 aromatic carbocycles. The molecule has 5 atom stereocenters. The van der Waals surface area contributed by atoms with Crippen molar-refractivity contribution in [1.29, 1.82) is 0 Å². The summed E-state index contributed by atoms with van der Waals surface area (Å²) in [6.45, 7) is 4.28. The minimum absolute atomic E-state index is 0.00310. The van der Waals surface area contributed by atoms with E-state index in [2.05, 4.69) is 19.9 Å². The van der Waals surface area contributed by atoms with Gasteiger partial charge in [0, 0.05) is 18.1 Å². The van der Waals surface area contributed by atoms with Crippen molar-refractivity contribution in [2.75, 3.05) is 0 Å². The molecular weight excluding hydrogens is 386 g/mol. The van der Waals surface area contributed by atoms with Crippen molar-refractivity contribution < 1.29 is 24.0 Å². The molecule has 0 unspecified atom stereocenters. The third-order valence-electron chi connectivity index (χ3n) is 6.13. The Bertz CT molecular complexity index is 802. The normalized spacial score (nSPS) is 26.4. The Labute approximate surface area is 176 Å². The highest BCUT2D eigenvalue weighted by molar-refractivity contribution is 5.89. The van der Waals surface area contributed by atoms with Gasteiger partial charge in [-0.15, -0.1) is 0 Å². The molecule has 1 aliphatic heterocycles. The predicted octanol–water partition coefficient (Wildman–Crippen LogP) is 4.84. The number of benzene rings is 1. The molecule has 1 aliphatic carbocycles. The molecule has 3 rings (SSSR count). The van der Waals surface area contributed by atoms with E-state index in [9.17, 15) is 19.7 Å². The van der Waals surface area contributed by atoms with E-state index >= 15 is 0 Å². The van der Waals surface area contributed by atoms with Gasteiger partial charge in [0.1, 0.15) is 12.2 Å². The number of hydrogen-bond acceptors (Lipinski definition) is 6. The summed E-state index contributed by atoms with van der Waals surface area (Å²) >= 11 is 0. The first-order chi connectivity index (χ1) is 14.4. The number of ether oxygens (including phenoxy) is 2. The number of carbonyl (C=O) groups is 2.